The number of hydrogen-bond donors (Lipinski definition) is 2. The monoisotopic (exact) mass is 906 g/mol. The minimum Gasteiger partial charge on any atom is -0.368 e. The fraction of sp³-hybridized carbons (Fsp3) is 0.400. The van der Waals surface area contributed by atoms with Crippen molar-refractivity contribution in [1.29, 1.82) is 0 Å². The molecule has 3 N–H and O–H groups in total. The Morgan fingerprint density at radius 1 is 1.07 bits per heavy atom. The molecule has 6 aromatic rings. The molecule has 12 nitrogen and oxygen atoms in total. The molecule has 2 aliphatic rings. The van der Waals surface area contributed by atoms with Gasteiger partial charge in [-0.15, -0.1) is 0 Å². The largest absolute Gasteiger partial charge is 0.368 e. The molecule has 0 spiro atoms. The lowest BCUT2D eigenvalue weighted by Gasteiger charge is -2.29. The van der Waals surface area contributed by atoms with Crippen molar-refractivity contribution in [3.63, 3.8) is 0 Å². The standard InChI is InChI=1S/C40H41ClF6N8O4SSi/c1-53-33-23(6-7-28(41)30(33)38(51-53)52-60(2,57)58)24-15-20-8-9-54(18-59-10-11-61(3,4)5)39(20)49-31(24)26(14-19-12-21(42)16-22(43)13-19)34(37(48)56)55-35-29(32(50-55)36(44)45)25-17-27(25)40(35,46)47/h6-9,12-13,15-16,25-27,34,36H,10-11,14,17-18H2,1-5H3,(H2,48,56)(H,51,52)/t25-,26+,27+,34?/m0/s1. The van der Waals surface area contributed by atoms with Crippen molar-refractivity contribution in [3.8, 4) is 11.1 Å². The lowest BCUT2D eigenvalue weighted by atomic mass is 9.84. The van der Waals surface area contributed by atoms with E-state index in [1.54, 1.807) is 29.0 Å². The zero-order valence-electron chi connectivity index (χ0n) is 33.5. The Balaban J connectivity index is 1.42. The highest BCUT2D eigenvalue weighted by Crippen LogP contribution is 2.68. The summed E-state index contributed by atoms with van der Waals surface area (Å²) in [5.74, 6) is -10.7. The lowest BCUT2D eigenvalue weighted by Crippen LogP contribution is -2.37. The quantitative estimate of drug-likeness (QED) is 0.0595. The van der Waals surface area contributed by atoms with Gasteiger partial charge in [-0.2, -0.15) is 19.0 Å². The second-order valence-corrected chi connectivity index (χ2v) is 24.8. The molecule has 21 heteroatoms. The van der Waals surface area contributed by atoms with Crippen LogP contribution in [0, 0.1) is 17.6 Å². The second kappa shape index (κ2) is 15.2. The summed E-state index contributed by atoms with van der Waals surface area (Å²) >= 11 is 6.69. The maximum atomic E-state index is 16.2. The predicted octanol–water partition coefficient (Wildman–Crippen LogP) is 8.60. The Hall–Kier alpha value is -4.92. The summed E-state index contributed by atoms with van der Waals surface area (Å²) < 4.78 is 129. The molecule has 0 aliphatic heterocycles. The van der Waals surface area contributed by atoms with Gasteiger partial charge in [0.05, 0.1) is 27.9 Å². The van der Waals surface area contributed by atoms with E-state index in [9.17, 15) is 30.8 Å². The van der Waals surface area contributed by atoms with Crippen molar-refractivity contribution in [1.82, 2.24) is 29.1 Å². The Labute approximate surface area is 352 Å². The van der Waals surface area contributed by atoms with Crippen molar-refractivity contribution >= 4 is 63.4 Å². The zero-order chi connectivity index (χ0) is 44.1. The number of aromatic nitrogens is 6. The number of carbonyl (C=O) groups excluding carboxylic acids is 1. The lowest BCUT2D eigenvalue weighted by molar-refractivity contribution is -0.122. The fourth-order valence-electron chi connectivity index (χ4n) is 8.56. The van der Waals surface area contributed by atoms with E-state index in [4.69, 9.17) is 27.1 Å². The number of halogens is 7. The number of amides is 1. The number of benzene rings is 2. The predicted molar refractivity (Wildman–Crippen MR) is 220 cm³/mol. The molecule has 0 bridgehead atoms. The van der Waals surface area contributed by atoms with Gasteiger partial charge in [0.2, 0.25) is 15.9 Å². The number of ether oxygens (including phenoxy) is 1. The van der Waals surface area contributed by atoms with Gasteiger partial charge < -0.3 is 15.0 Å². The number of nitrogens with two attached hydrogens (primary N) is 1. The van der Waals surface area contributed by atoms with Crippen LogP contribution in [0.2, 0.25) is 30.7 Å². The van der Waals surface area contributed by atoms with E-state index in [-0.39, 0.29) is 57.3 Å². The van der Waals surface area contributed by atoms with Crippen LogP contribution in [-0.2, 0) is 45.7 Å². The van der Waals surface area contributed by atoms with Gasteiger partial charge in [0.15, 0.2) is 5.82 Å². The number of sulfonamides is 1. The summed E-state index contributed by atoms with van der Waals surface area (Å²) in [6, 6.07) is 7.99. The molecule has 0 saturated heterocycles. The second-order valence-electron chi connectivity index (χ2n) is 17.0. The number of fused-ring (bicyclic) bond motifs is 5. The van der Waals surface area contributed by atoms with Gasteiger partial charge in [0, 0.05) is 67.9 Å². The average molecular weight is 907 g/mol. The molecular formula is C40H41ClF6N8O4SSi. The highest BCUT2D eigenvalue weighted by Gasteiger charge is 2.67. The van der Waals surface area contributed by atoms with Crippen LogP contribution in [0.15, 0.2) is 48.7 Å². The van der Waals surface area contributed by atoms with Crippen LogP contribution in [0.4, 0.5) is 32.2 Å². The van der Waals surface area contributed by atoms with Gasteiger partial charge in [-0.3, -0.25) is 14.2 Å². The number of anilines is 1. The number of aryl methyl sites for hydroxylation is 1. The summed E-state index contributed by atoms with van der Waals surface area (Å²) in [6.45, 7) is 7.07. The van der Waals surface area contributed by atoms with E-state index in [0.717, 1.165) is 24.4 Å². The molecule has 4 atom stereocenters. The third kappa shape index (κ3) is 7.91. The molecule has 1 fully saturated rings. The molecule has 2 aromatic carbocycles. The summed E-state index contributed by atoms with van der Waals surface area (Å²) in [6.07, 6.45) is -1.18. The number of pyridine rings is 1. The molecule has 1 amide bonds. The zero-order valence-corrected chi connectivity index (χ0v) is 36.1. The van der Waals surface area contributed by atoms with Crippen molar-refractivity contribution in [2.45, 2.75) is 75.5 Å². The van der Waals surface area contributed by atoms with Crippen molar-refractivity contribution in [2.75, 3.05) is 17.6 Å². The van der Waals surface area contributed by atoms with Crippen LogP contribution in [0.3, 0.4) is 0 Å². The highest BCUT2D eigenvalue weighted by atomic mass is 35.5. The summed E-state index contributed by atoms with van der Waals surface area (Å²) in [5.41, 5.74) is 5.03. The van der Waals surface area contributed by atoms with E-state index in [1.807, 2.05) is 0 Å². The number of primary amides is 1. The van der Waals surface area contributed by atoms with E-state index in [2.05, 4.69) is 34.6 Å². The molecule has 1 unspecified atom stereocenters. The summed E-state index contributed by atoms with van der Waals surface area (Å²) in [5, 5.41) is 9.19. The Kier molecular flexibility index (Phi) is 10.6. The summed E-state index contributed by atoms with van der Waals surface area (Å²) in [7, 11) is -3.83. The third-order valence-electron chi connectivity index (χ3n) is 11.3. The number of carbonyl (C=O) groups is 1. The van der Waals surface area contributed by atoms with Gasteiger partial charge in [-0.25, -0.2) is 35.6 Å². The number of hydrogen-bond acceptors (Lipinski definition) is 7. The molecule has 324 valence electrons. The SMILES string of the molecule is Cn1nc(NS(C)(=O)=O)c2c(Cl)ccc(-c3cc4ccn(COCC[Si](C)(C)C)c4nc3[C@@H](Cc3cc(F)cc(F)c3)C(C(N)=O)n3nc(C(F)F)c4c3C(F)(F)[C@@H]3C[C@H]43)c21. The maximum Gasteiger partial charge on any atom is 0.293 e. The normalized spacial score (nSPS) is 18.2. The molecule has 2 aliphatic carbocycles. The Bertz CT molecular complexity index is 2840. The molecule has 1 saturated carbocycles. The fourth-order valence-corrected chi connectivity index (χ4v) is 10.1. The molecular weight excluding hydrogens is 866 g/mol. The van der Waals surface area contributed by atoms with Gasteiger partial charge >= 0.3 is 0 Å². The van der Waals surface area contributed by atoms with Gasteiger partial charge in [0.25, 0.3) is 12.3 Å². The van der Waals surface area contributed by atoms with Gasteiger partial charge in [0.1, 0.15) is 41.4 Å². The minimum atomic E-state index is -3.87. The minimum absolute atomic E-state index is 0.0280. The number of alkyl halides is 4. The number of nitrogens with zero attached hydrogens (tertiary/aromatic N) is 6. The van der Waals surface area contributed by atoms with Crippen LogP contribution in [0.1, 0.15) is 58.9 Å². The number of nitrogens with one attached hydrogen (secondary N) is 1. The van der Waals surface area contributed by atoms with E-state index in [0.29, 0.717) is 34.0 Å². The van der Waals surface area contributed by atoms with Gasteiger partial charge in [-0.1, -0.05) is 37.3 Å². The van der Waals surface area contributed by atoms with Crippen molar-refractivity contribution < 1.29 is 44.3 Å². The highest BCUT2D eigenvalue weighted by molar-refractivity contribution is 7.92. The smallest absolute Gasteiger partial charge is 0.293 e. The van der Waals surface area contributed by atoms with Crippen LogP contribution in [-0.4, -0.2) is 64.4 Å². The topological polar surface area (TPSA) is 152 Å². The first-order valence-corrected chi connectivity index (χ1v) is 25.3. The Morgan fingerprint density at radius 3 is 2.41 bits per heavy atom. The van der Waals surface area contributed by atoms with Crippen LogP contribution in [0.5, 0.6) is 0 Å². The summed E-state index contributed by atoms with van der Waals surface area (Å²) in [4.78, 5) is 19.1. The maximum absolute atomic E-state index is 16.2. The van der Waals surface area contributed by atoms with Crippen molar-refractivity contribution in [3.05, 3.63) is 93.5 Å². The Morgan fingerprint density at radius 2 is 1.77 bits per heavy atom. The average Bonchev–Trinajstić information content (AvgIpc) is 3.41. The van der Waals surface area contributed by atoms with E-state index >= 15 is 8.78 Å². The first-order chi connectivity index (χ1) is 28.5. The van der Waals surface area contributed by atoms with E-state index in [1.165, 1.54) is 17.8 Å². The first-order valence-electron chi connectivity index (χ1n) is 19.3. The molecule has 4 heterocycles. The molecule has 0 radical (unpaired) electrons. The number of rotatable bonds is 15. The van der Waals surface area contributed by atoms with Crippen molar-refractivity contribution in [2.24, 2.45) is 18.7 Å². The van der Waals surface area contributed by atoms with E-state index < -0.39 is 89.6 Å². The van der Waals surface area contributed by atoms with Gasteiger partial charge in [-0.05, 0) is 60.7 Å². The van der Waals surface area contributed by atoms with Crippen LogP contribution < -0.4 is 10.5 Å². The van der Waals surface area contributed by atoms with Crippen LogP contribution >= 0.6 is 11.6 Å². The first kappa shape index (κ1) is 42.8. The molecule has 8 rings (SSSR count). The third-order valence-corrected chi connectivity index (χ3v) is 13.9. The van der Waals surface area contributed by atoms with Crippen LogP contribution in [0.25, 0.3) is 33.1 Å². The molecule has 61 heavy (non-hydrogen) atoms. The molecule has 4 aromatic heterocycles.